The molecule has 0 unspecified atom stereocenters. The molecule has 0 amide bonds. The first-order valence-electron chi connectivity index (χ1n) is 3.91. The van der Waals surface area contributed by atoms with E-state index in [2.05, 4.69) is 21.2 Å². The van der Waals surface area contributed by atoms with E-state index in [0.717, 1.165) is 28.6 Å². The minimum absolute atomic E-state index is 0.153. The number of hydrogen-bond acceptors (Lipinski definition) is 1. The van der Waals surface area contributed by atoms with Gasteiger partial charge in [-0.1, -0.05) is 15.9 Å². The van der Waals surface area contributed by atoms with E-state index in [9.17, 15) is 4.39 Å². The monoisotopic (exact) mass is 229 g/mol. The molecule has 0 bridgehead atoms. The molecule has 1 nitrogen and oxygen atoms in total. The average molecular weight is 230 g/mol. The van der Waals surface area contributed by atoms with Crippen molar-refractivity contribution in [3.8, 4) is 0 Å². The largest absolute Gasteiger partial charge is 0.382 e. The molecule has 3 heteroatoms. The van der Waals surface area contributed by atoms with Crippen molar-refractivity contribution in [3.63, 3.8) is 0 Å². The molecule has 0 radical (unpaired) electrons. The number of hydrogen-bond donors (Lipinski definition) is 1. The van der Waals surface area contributed by atoms with Gasteiger partial charge in [-0.3, -0.25) is 0 Å². The highest BCUT2D eigenvalue weighted by atomic mass is 79.9. The summed E-state index contributed by atoms with van der Waals surface area (Å²) in [5, 5.41) is 3.04. The van der Waals surface area contributed by atoms with E-state index in [-0.39, 0.29) is 5.82 Å². The fourth-order valence-electron chi connectivity index (χ4n) is 1.58. The summed E-state index contributed by atoms with van der Waals surface area (Å²) in [5.41, 5.74) is 2.95. The van der Waals surface area contributed by atoms with E-state index >= 15 is 0 Å². The molecule has 1 N–H and O–H groups in total. The summed E-state index contributed by atoms with van der Waals surface area (Å²) in [6.45, 7) is 2.86. The van der Waals surface area contributed by atoms with E-state index in [1.807, 2.05) is 6.92 Å². The highest BCUT2D eigenvalue weighted by Crippen LogP contribution is 2.33. The topological polar surface area (TPSA) is 12.0 Å². The van der Waals surface area contributed by atoms with Crippen LogP contribution in [0.2, 0.25) is 0 Å². The molecule has 64 valence electrons. The van der Waals surface area contributed by atoms with Gasteiger partial charge >= 0.3 is 0 Å². The second-order valence-electron chi connectivity index (χ2n) is 3.00. The predicted molar refractivity (Wildman–Crippen MR) is 51.0 cm³/mol. The zero-order chi connectivity index (χ0) is 8.72. The maximum Gasteiger partial charge on any atom is 0.147 e. The SMILES string of the molecule is Cc1c(Br)cc(F)c2c1CCN2. The molecule has 0 saturated carbocycles. The first-order valence-corrected chi connectivity index (χ1v) is 4.71. The highest BCUT2D eigenvalue weighted by Gasteiger charge is 2.18. The lowest BCUT2D eigenvalue weighted by Crippen LogP contribution is -1.93. The van der Waals surface area contributed by atoms with Gasteiger partial charge in [0.25, 0.3) is 0 Å². The van der Waals surface area contributed by atoms with E-state index in [1.54, 1.807) is 0 Å². The summed E-state index contributed by atoms with van der Waals surface area (Å²) < 4.78 is 14.1. The molecule has 0 atom stereocenters. The molecule has 1 aromatic carbocycles. The van der Waals surface area contributed by atoms with Crippen LogP contribution in [0.3, 0.4) is 0 Å². The zero-order valence-corrected chi connectivity index (χ0v) is 8.33. The normalized spacial score (nSPS) is 14.2. The fraction of sp³-hybridized carbons (Fsp3) is 0.333. The van der Waals surface area contributed by atoms with Gasteiger partial charge in [-0.05, 0) is 30.5 Å². The molecule has 1 heterocycles. The fourth-order valence-corrected chi connectivity index (χ4v) is 2.02. The van der Waals surface area contributed by atoms with Gasteiger partial charge in [-0.2, -0.15) is 0 Å². The Balaban J connectivity index is 2.69. The van der Waals surface area contributed by atoms with E-state index < -0.39 is 0 Å². The van der Waals surface area contributed by atoms with Crippen molar-refractivity contribution < 1.29 is 4.39 Å². The van der Waals surface area contributed by atoms with Gasteiger partial charge in [0, 0.05) is 11.0 Å². The number of halogens is 2. The van der Waals surface area contributed by atoms with Gasteiger partial charge < -0.3 is 5.32 Å². The smallest absolute Gasteiger partial charge is 0.147 e. The Morgan fingerprint density at radius 2 is 2.33 bits per heavy atom. The Labute approximate surface area is 79.1 Å². The molecule has 0 spiro atoms. The van der Waals surface area contributed by atoms with Crippen LogP contribution in [-0.4, -0.2) is 6.54 Å². The highest BCUT2D eigenvalue weighted by molar-refractivity contribution is 9.10. The average Bonchev–Trinajstić information content (AvgIpc) is 2.48. The van der Waals surface area contributed by atoms with Crippen molar-refractivity contribution in [1.82, 2.24) is 0 Å². The Morgan fingerprint density at radius 1 is 1.58 bits per heavy atom. The zero-order valence-electron chi connectivity index (χ0n) is 6.75. The molecule has 12 heavy (non-hydrogen) atoms. The second-order valence-corrected chi connectivity index (χ2v) is 3.85. The number of anilines is 1. The molecule has 0 fully saturated rings. The van der Waals surface area contributed by atoms with Gasteiger partial charge in [-0.25, -0.2) is 4.39 Å². The van der Waals surface area contributed by atoms with Crippen LogP contribution < -0.4 is 5.32 Å². The number of fused-ring (bicyclic) bond motifs is 1. The summed E-state index contributed by atoms with van der Waals surface area (Å²) in [7, 11) is 0. The van der Waals surface area contributed by atoms with Gasteiger partial charge in [-0.15, -0.1) is 0 Å². The van der Waals surface area contributed by atoms with Crippen LogP contribution in [0.4, 0.5) is 10.1 Å². The van der Waals surface area contributed by atoms with Crippen LogP contribution in [0.25, 0.3) is 0 Å². The Morgan fingerprint density at radius 3 is 3.08 bits per heavy atom. The first kappa shape index (κ1) is 8.05. The number of benzene rings is 1. The minimum atomic E-state index is -0.153. The summed E-state index contributed by atoms with van der Waals surface area (Å²) in [6, 6.07) is 1.52. The van der Waals surface area contributed by atoms with Crippen LogP contribution >= 0.6 is 15.9 Å². The quantitative estimate of drug-likeness (QED) is 0.722. The van der Waals surface area contributed by atoms with E-state index in [1.165, 1.54) is 6.07 Å². The van der Waals surface area contributed by atoms with Crippen LogP contribution in [0, 0.1) is 12.7 Å². The third kappa shape index (κ3) is 1.04. The van der Waals surface area contributed by atoms with Crippen molar-refractivity contribution in [1.29, 1.82) is 0 Å². The number of rotatable bonds is 0. The first-order chi connectivity index (χ1) is 5.70. The standard InChI is InChI=1S/C9H9BrFN/c1-5-6-2-3-12-9(6)8(11)4-7(5)10/h4,12H,2-3H2,1H3. The molecule has 1 aliphatic rings. The molecule has 2 rings (SSSR count). The van der Waals surface area contributed by atoms with Crippen molar-refractivity contribution in [2.75, 3.05) is 11.9 Å². The lowest BCUT2D eigenvalue weighted by molar-refractivity contribution is 0.630. The molecule has 0 aromatic heterocycles. The van der Waals surface area contributed by atoms with Gasteiger partial charge in [0.15, 0.2) is 0 Å². The summed E-state index contributed by atoms with van der Waals surface area (Å²) in [5.74, 6) is -0.153. The van der Waals surface area contributed by atoms with Crippen molar-refractivity contribution in [2.24, 2.45) is 0 Å². The van der Waals surface area contributed by atoms with Gasteiger partial charge in [0.2, 0.25) is 0 Å². The third-order valence-corrected chi connectivity index (χ3v) is 3.11. The summed E-state index contributed by atoms with van der Waals surface area (Å²) in [4.78, 5) is 0. The Hall–Kier alpha value is -0.570. The predicted octanol–water partition coefficient (Wildman–Crippen LogP) is 2.86. The van der Waals surface area contributed by atoms with Crippen molar-refractivity contribution in [3.05, 3.63) is 27.5 Å². The van der Waals surface area contributed by atoms with Crippen LogP contribution in [0.1, 0.15) is 11.1 Å². The Bertz CT molecular complexity index is 336. The molecular weight excluding hydrogens is 221 g/mol. The van der Waals surface area contributed by atoms with Crippen LogP contribution in [0.5, 0.6) is 0 Å². The maximum atomic E-state index is 13.2. The summed E-state index contributed by atoms with van der Waals surface area (Å²) in [6.07, 6.45) is 0.928. The Kier molecular flexibility index (Phi) is 1.83. The third-order valence-electron chi connectivity index (χ3n) is 2.28. The van der Waals surface area contributed by atoms with Crippen LogP contribution in [-0.2, 0) is 6.42 Å². The maximum absolute atomic E-state index is 13.2. The molecule has 0 aliphatic carbocycles. The minimum Gasteiger partial charge on any atom is -0.382 e. The van der Waals surface area contributed by atoms with E-state index in [4.69, 9.17) is 0 Å². The van der Waals surface area contributed by atoms with Gasteiger partial charge in [0.1, 0.15) is 5.82 Å². The lowest BCUT2D eigenvalue weighted by atomic mass is 10.1. The lowest BCUT2D eigenvalue weighted by Gasteiger charge is -2.06. The van der Waals surface area contributed by atoms with Crippen molar-refractivity contribution >= 4 is 21.6 Å². The molecule has 0 saturated heterocycles. The summed E-state index contributed by atoms with van der Waals surface area (Å²) >= 11 is 3.33. The van der Waals surface area contributed by atoms with Crippen molar-refractivity contribution in [2.45, 2.75) is 13.3 Å². The second kappa shape index (κ2) is 2.73. The van der Waals surface area contributed by atoms with Gasteiger partial charge in [0.05, 0.1) is 5.69 Å². The van der Waals surface area contributed by atoms with E-state index in [0.29, 0.717) is 5.69 Å². The molecule has 1 aliphatic heterocycles. The van der Waals surface area contributed by atoms with Crippen LogP contribution in [0.15, 0.2) is 10.5 Å². The molecule has 1 aromatic rings. The molecular formula is C9H9BrFN. The number of nitrogens with one attached hydrogen (secondary N) is 1.